The normalized spacial score (nSPS) is 18.0. The second-order valence-electron chi connectivity index (χ2n) is 7.86. The van der Waals surface area contributed by atoms with E-state index in [9.17, 15) is 0 Å². The number of aromatic nitrogens is 3. The van der Waals surface area contributed by atoms with Gasteiger partial charge in [0, 0.05) is 42.3 Å². The van der Waals surface area contributed by atoms with Crippen molar-refractivity contribution in [2.45, 2.75) is 45.6 Å². The molecule has 2 aliphatic heterocycles. The van der Waals surface area contributed by atoms with Gasteiger partial charge in [0.2, 0.25) is 0 Å². The van der Waals surface area contributed by atoms with Crippen molar-refractivity contribution in [1.82, 2.24) is 20.3 Å². The highest BCUT2D eigenvalue weighted by Crippen LogP contribution is 2.40. The van der Waals surface area contributed by atoms with E-state index in [-0.39, 0.29) is 0 Å². The highest BCUT2D eigenvalue weighted by molar-refractivity contribution is 5.89. The van der Waals surface area contributed by atoms with Gasteiger partial charge in [0.05, 0.1) is 22.4 Å². The summed E-state index contributed by atoms with van der Waals surface area (Å²) in [5, 5.41) is 3.46. The molecule has 0 bridgehead atoms. The highest BCUT2D eigenvalue weighted by Gasteiger charge is 2.26. The minimum Gasteiger partial charge on any atom is -0.381 e. The summed E-state index contributed by atoms with van der Waals surface area (Å²) >= 11 is 0. The Balaban J connectivity index is 1.75. The van der Waals surface area contributed by atoms with Crippen molar-refractivity contribution < 1.29 is 4.74 Å². The van der Waals surface area contributed by atoms with Crippen LogP contribution >= 0.6 is 0 Å². The predicted molar refractivity (Wildman–Crippen MR) is 107 cm³/mol. The lowest BCUT2D eigenvalue weighted by Crippen LogP contribution is -2.24. The summed E-state index contributed by atoms with van der Waals surface area (Å²) in [5.74, 6) is 0.485. The summed E-state index contributed by atoms with van der Waals surface area (Å²) in [6.07, 6.45) is 3.16. The number of aryl methyl sites for hydroxylation is 2. The van der Waals surface area contributed by atoms with Crippen molar-refractivity contribution in [3.05, 3.63) is 46.4 Å². The molecule has 0 saturated carbocycles. The Hall–Kier alpha value is -2.24. The van der Waals surface area contributed by atoms with Gasteiger partial charge < -0.3 is 15.0 Å². The third-order valence-electron chi connectivity index (χ3n) is 5.84. The molecule has 0 aliphatic carbocycles. The number of pyridine rings is 2. The first-order chi connectivity index (χ1) is 13.2. The van der Waals surface area contributed by atoms with Gasteiger partial charge in [-0.1, -0.05) is 0 Å². The first-order valence-corrected chi connectivity index (χ1v) is 9.97. The number of nitrogens with one attached hydrogen (secondary N) is 2. The Kier molecular flexibility index (Phi) is 4.21. The van der Waals surface area contributed by atoms with Crippen molar-refractivity contribution >= 4 is 11.0 Å². The summed E-state index contributed by atoms with van der Waals surface area (Å²) in [5.41, 5.74) is 10.8. The number of ether oxygens (including phenoxy) is 1. The van der Waals surface area contributed by atoms with E-state index in [1.165, 1.54) is 33.6 Å². The zero-order valence-electron chi connectivity index (χ0n) is 16.1. The van der Waals surface area contributed by atoms with E-state index < -0.39 is 0 Å². The van der Waals surface area contributed by atoms with Crippen molar-refractivity contribution in [1.29, 1.82) is 0 Å². The molecule has 140 valence electrons. The van der Waals surface area contributed by atoms with Gasteiger partial charge in [0.25, 0.3) is 0 Å². The lowest BCUT2D eigenvalue weighted by Gasteiger charge is -2.23. The largest absolute Gasteiger partial charge is 0.381 e. The Labute approximate surface area is 159 Å². The molecule has 2 aliphatic rings. The molecule has 0 aromatic carbocycles. The summed E-state index contributed by atoms with van der Waals surface area (Å²) < 4.78 is 5.63. The monoisotopic (exact) mass is 362 g/mol. The lowest BCUT2D eigenvalue weighted by atomic mass is 9.88. The molecule has 2 N–H and O–H groups in total. The Morgan fingerprint density at radius 1 is 1.04 bits per heavy atom. The molecular formula is C22H26N4O. The van der Waals surface area contributed by atoms with Crippen LogP contribution in [0.3, 0.4) is 0 Å². The number of hydrogen-bond donors (Lipinski definition) is 2. The smallest absolute Gasteiger partial charge is 0.0924 e. The second kappa shape index (κ2) is 6.73. The zero-order chi connectivity index (χ0) is 18.4. The van der Waals surface area contributed by atoms with Crippen molar-refractivity contribution in [3.8, 4) is 11.3 Å². The van der Waals surface area contributed by atoms with Crippen LogP contribution in [0.1, 0.15) is 47.0 Å². The van der Waals surface area contributed by atoms with Crippen LogP contribution in [0.2, 0.25) is 0 Å². The molecule has 5 heterocycles. The van der Waals surface area contributed by atoms with E-state index in [1.54, 1.807) is 0 Å². The quantitative estimate of drug-likeness (QED) is 0.728. The van der Waals surface area contributed by atoms with E-state index in [0.717, 1.165) is 62.5 Å². The maximum atomic E-state index is 5.63. The molecule has 0 unspecified atom stereocenters. The predicted octanol–water partition coefficient (Wildman–Crippen LogP) is 3.78. The fourth-order valence-electron chi connectivity index (χ4n) is 4.60. The van der Waals surface area contributed by atoms with E-state index in [4.69, 9.17) is 9.72 Å². The van der Waals surface area contributed by atoms with E-state index in [1.807, 2.05) is 0 Å². The van der Waals surface area contributed by atoms with Crippen LogP contribution in [0, 0.1) is 13.8 Å². The number of nitrogens with zero attached hydrogens (tertiary/aromatic N) is 2. The molecule has 5 rings (SSSR count). The van der Waals surface area contributed by atoms with Crippen LogP contribution in [0.4, 0.5) is 0 Å². The first kappa shape index (κ1) is 16.9. The van der Waals surface area contributed by atoms with E-state index in [2.05, 4.69) is 47.3 Å². The minimum atomic E-state index is 0.485. The maximum Gasteiger partial charge on any atom is 0.0924 e. The average Bonchev–Trinajstić information content (AvgIpc) is 3.04. The molecule has 3 aromatic rings. The van der Waals surface area contributed by atoms with Gasteiger partial charge in [-0.05, 0) is 69.3 Å². The molecule has 27 heavy (non-hydrogen) atoms. The molecule has 1 saturated heterocycles. The molecule has 5 heteroatoms. The Morgan fingerprint density at radius 2 is 1.81 bits per heavy atom. The zero-order valence-corrected chi connectivity index (χ0v) is 16.1. The molecule has 0 amide bonds. The Morgan fingerprint density at radius 3 is 2.59 bits per heavy atom. The van der Waals surface area contributed by atoms with Gasteiger partial charge in [-0.2, -0.15) is 0 Å². The number of aromatic amines is 1. The van der Waals surface area contributed by atoms with Crippen molar-refractivity contribution in [2.24, 2.45) is 0 Å². The summed E-state index contributed by atoms with van der Waals surface area (Å²) in [6, 6.07) is 6.69. The van der Waals surface area contributed by atoms with Crippen LogP contribution in [0.25, 0.3) is 22.3 Å². The molecule has 0 atom stereocenters. The van der Waals surface area contributed by atoms with Crippen LogP contribution < -0.4 is 5.32 Å². The third kappa shape index (κ3) is 3.05. The molecule has 5 nitrogen and oxygen atoms in total. The molecule has 0 radical (unpaired) electrons. The van der Waals surface area contributed by atoms with E-state index in [0.29, 0.717) is 5.92 Å². The molecule has 0 spiro atoms. The molecule has 1 fully saturated rings. The fraction of sp³-hybridized carbons (Fsp3) is 0.455. The van der Waals surface area contributed by atoms with Gasteiger partial charge in [0.15, 0.2) is 0 Å². The number of H-pyrrole nitrogens is 1. The molecule has 3 aromatic heterocycles. The summed E-state index contributed by atoms with van der Waals surface area (Å²) in [6.45, 7) is 7.69. The SMILES string of the molecule is Cc1cc(-c2[nH]c3cc4c(nc3c2C2CCOCC2)CNCC4)cc(C)n1. The number of hydrogen-bond acceptors (Lipinski definition) is 4. The third-order valence-corrected chi connectivity index (χ3v) is 5.84. The van der Waals surface area contributed by atoms with Crippen molar-refractivity contribution in [2.75, 3.05) is 19.8 Å². The van der Waals surface area contributed by atoms with Crippen LogP contribution in [0.15, 0.2) is 18.2 Å². The van der Waals surface area contributed by atoms with Crippen LogP contribution in [0.5, 0.6) is 0 Å². The van der Waals surface area contributed by atoms with Crippen LogP contribution in [-0.2, 0) is 17.7 Å². The van der Waals surface area contributed by atoms with Gasteiger partial charge >= 0.3 is 0 Å². The highest BCUT2D eigenvalue weighted by atomic mass is 16.5. The standard InChI is InChI=1S/C22H26N4O/c1-13-9-17(10-14(2)24-13)21-20(15-4-7-27-8-5-15)22-18(25-21)11-16-3-6-23-12-19(16)26-22/h9-11,15,23,25H,3-8,12H2,1-2H3. The first-order valence-electron chi connectivity index (χ1n) is 9.97. The van der Waals surface area contributed by atoms with Gasteiger partial charge in [-0.15, -0.1) is 0 Å². The van der Waals surface area contributed by atoms with Crippen molar-refractivity contribution in [3.63, 3.8) is 0 Å². The average molecular weight is 362 g/mol. The Bertz CT molecular complexity index is 981. The van der Waals surface area contributed by atoms with Gasteiger partial charge in [0.1, 0.15) is 0 Å². The lowest BCUT2D eigenvalue weighted by molar-refractivity contribution is 0.0857. The second-order valence-corrected chi connectivity index (χ2v) is 7.86. The van der Waals surface area contributed by atoms with E-state index >= 15 is 0 Å². The number of rotatable bonds is 2. The molecular weight excluding hydrogens is 336 g/mol. The maximum absolute atomic E-state index is 5.63. The number of fused-ring (bicyclic) bond motifs is 2. The minimum absolute atomic E-state index is 0.485. The fourth-order valence-corrected chi connectivity index (χ4v) is 4.60. The topological polar surface area (TPSA) is 62.8 Å². The van der Waals surface area contributed by atoms with Crippen LogP contribution in [-0.4, -0.2) is 34.7 Å². The van der Waals surface area contributed by atoms with Gasteiger partial charge in [-0.3, -0.25) is 4.98 Å². The van der Waals surface area contributed by atoms with Gasteiger partial charge in [-0.25, -0.2) is 4.98 Å². The summed E-state index contributed by atoms with van der Waals surface area (Å²) in [4.78, 5) is 13.4. The summed E-state index contributed by atoms with van der Waals surface area (Å²) in [7, 11) is 0.